The molecule has 0 aromatic carbocycles. The Kier molecular flexibility index (Phi) is 4.59. The Balaban J connectivity index is 2.42. The third kappa shape index (κ3) is 3.06. The number of aliphatic hydroxyl groups excluding tert-OH is 1. The highest BCUT2D eigenvalue weighted by atomic mass is 79.9. The number of esters is 1. The molecule has 1 aliphatic heterocycles. The van der Waals surface area contributed by atoms with Gasteiger partial charge in [0.25, 0.3) is 0 Å². The fraction of sp³-hybridized carbons (Fsp3) is 0.545. The van der Waals surface area contributed by atoms with E-state index in [4.69, 9.17) is 15.2 Å². The van der Waals surface area contributed by atoms with Gasteiger partial charge < -0.3 is 20.3 Å². The van der Waals surface area contributed by atoms with Gasteiger partial charge >= 0.3 is 11.7 Å². The van der Waals surface area contributed by atoms with Gasteiger partial charge in [-0.25, -0.2) is 9.18 Å². The zero-order chi connectivity index (χ0) is 15.7. The first-order valence-corrected chi connectivity index (χ1v) is 6.88. The smallest absolute Gasteiger partial charge is 0.351 e. The molecule has 0 saturated carbocycles. The van der Waals surface area contributed by atoms with E-state index in [1.54, 1.807) is 0 Å². The van der Waals surface area contributed by atoms with Crippen LogP contribution in [0.4, 0.5) is 10.2 Å². The molecule has 0 aliphatic carbocycles. The number of hydrogen-bond acceptors (Lipinski definition) is 7. The van der Waals surface area contributed by atoms with E-state index >= 15 is 0 Å². The normalized spacial score (nSPS) is 28.6. The maximum absolute atomic E-state index is 13.5. The van der Waals surface area contributed by atoms with Gasteiger partial charge in [-0.05, 0) is 0 Å². The van der Waals surface area contributed by atoms with E-state index in [0.29, 0.717) is 0 Å². The maximum atomic E-state index is 13.5. The number of carbonyl (C=O) groups is 1. The lowest BCUT2D eigenvalue weighted by Gasteiger charge is -2.21. The minimum Gasteiger partial charge on any atom is -0.456 e. The van der Waals surface area contributed by atoms with Crippen molar-refractivity contribution in [3.8, 4) is 0 Å². The first-order valence-electron chi connectivity index (χ1n) is 5.97. The summed E-state index contributed by atoms with van der Waals surface area (Å²) < 4.78 is 24.9. The van der Waals surface area contributed by atoms with Crippen molar-refractivity contribution in [2.75, 3.05) is 12.3 Å². The van der Waals surface area contributed by atoms with Crippen molar-refractivity contribution in [3.63, 3.8) is 0 Å². The second-order valence-electron chi connectivity index (χ2n) is 4.43. The molecule has 21 heavy (non-hydrogen) atoms. The molecule has 1 aliphatic rings. The van der Waals surface area contributed by atoms with E-state index in [-0.39, 0.29) is 6.61 Å². The predicted octanol–water partition coefficient (Wildman–Crippen LogP) is -0.451. The molecular weight excluding hydrogens is 353 g/mol. The summed E-state index contributed by atoms with van der Waals surface area (Å²) in [6.07, 6.45) is -1.95. The molecule has 0 radical (unpaired) electrons. The number of halogens is 2. The van der Waals surface area contributed by atoms with E-state index in [1.165, 1.54) is 6.92 Å². The number of ether oxygens (including phenoxy) is 2. The molecule has 0 bridgehead atoms. The van der Waals surface area contributed by atoms with E-state index in [1.807, 2.05) is 0 Å². The summed E-state index contributed by atoms with van der Waals surface area (Å²) in [7, 11) is 0. The first-order chi connectivity index (χ1) is 9.85. The molecule has 10 heteroatoms. The van der Waals surface area contributed by atoms with Crippen molar-refractivity contribution in [1.82, 2.24) is 9.55 Å². The van der Waals surface area contributed by atoms with Crippen LogP contribution in [0.2, 0.25) is 0 Å². The largest absolute Gasteiger partial charge is 0.456 e. The molecule has 4 atom stereocenters. The molecule has 8 nitrogen and oxygen atoms in total. The van der Waals surface area contributed by atoms with Crippen LogP contribution in [0.1, 0.15) is 13.2 Å². The Labute approximate surface area is 126 Å². The number of nitrogens with zero attached hydrogens (tertiary/aromatic N) is 2. The topological polar surface area (TPSA) is 117 Å². The van der Waals surface area contributed by atoms with Gasteiger partial charge in [-0.3, -0.25) is 9.36 Å². The summed E-state index contributed by atoms with van der Waals surface area (Å²) >= 11 is 3.24. The Morgan fingerprint density at radius 1 is 1.71 bits per heavy atom. The molecular formula is C11H13BrFN3O5. The molecule has 1 fully saturated rings. The van der Waals surface area contributed by atoms with Gasteiger partial charge in [-0.2, -0.15) is 4.98 Å². The fourth-order valence-corrected chi connectivity index (χ4v) is 2.68. The number of anilines is 1. The van der Waals surface area contributed by atoms with Crippen LogP contribution < -0.4 is 11.4 Å². The van der Waals surface area contributed by atoms with Gasteiger partial charge in [0.05, 0.1) is 23.7 Å². The monoisotopic (exact) mass is 365 g/mol. The van der Waals surface area contributed by atoms with Crippen LogP contribution in [0, 0.1) is 5.82 Å². The average Bonchev–Trinajstić information content (AvgIpc) is 2.71. The molecule has 0 unspecified atom stereocenters. The van der Waals surface area contributed by atoms with Crippen molar-refractivity contribution in [2.45, 2.75) is 30.2 Å². The van der Waals surface area contributed by atoms with Crippen LogP contribution in [-0.2, 0) is 14.3 Å². The Bertz CT molecular complexity index is 610. The van der Waals surface area contributed by atoms with Crippen molar-refractivity contribution in [2.24, 2.45) is 0 Å². The van der Waals surface area contributed by atoms with E-state index < -0.39 is 46.6 Å². The lowest BCUT2D eigenvalue weighted by Crippen LogP contribution is -2.37. The average molecular weight is 366 g/mol. The van der Waals surface area contributed by atoms with Crippen molar-refractivity contribution >= 4 is 27.7 Å². The quantitative estimate of drug-likeness (QED) is 0.550. The van der Waals surface area contributed by atoms with Crippen LogP contribution >= 0.6 is 15.9 Å². The summed E-state index contributed by atoms with van der Waals surface area (Å²) in [4.78, 5) is 25.7. The highest BCUT2D eigenvalue weighted by Crippen LogP contribution is 2.35. The maximum Gasteiger partial charge on any atom is 0.351 e. The second kappa shape index (κ2) is 6.08. The molecule has 0 spiro atoms. The number of nitrogens with two attached hydrogens (primary N) is 1. The number of alkyl halides is 1. The molecule has 3 N–H and O–H groups in total. The fourth-order valence-electron chi connectivity index (χ4n) is 2.02. The lowest BCUT2D eigenvalue weighted by atomic mass is 10.2. The van der Waals surface area contributed by atoms with Crippen LogP contribution in [0.15, 0.2) is 11.0 Å². The molecule has 0 amide bonds. The predicted molar refractivity (Wildman–Crippen MR) is 72.1 cm³/mol. The van der Waals surface area contributed by atoms with Crippen LogP contribution in [-0.4, -0.2) is 44.3 Å². The van der Waals surface area contributed by atoms with Gasteiger partial charge in [0, 0.05) is 6.92 Å². The lowest BCUT2D eigenvalue weighted by molar-refractivity contribution is -0.152. The number of nitrogen functional groups attached to an aromatic ring is 1. The third-order valence-corrected chi connectivity index (χ3v) is 4.07. The summed E-state index contributed by atoms with van der Waals surface area (Å²) in [5.41, 5.74) is 4.36. The standard InChI is InChI=1S/C11H13BrFN3O5/c1-4(18)20-8-7(12)6(3-17)21-10(8)16-2-5(13)9(14)15-11(16)19/h2,6-8,10,17H,3H2,1H3,(H2,14,15,19)/t6-,7-,8-,10-/m1/s1. The van der Waals surface area contributed by atoms with Gasteiger partial charge in [-0.1, -0.05) is 15.9 Å². The van der Waals surface area contributed by atoms with Gasteiger partial charge in [0.2, 0.25) is 0 Å². The molecule has 1 aromatic heterocycles. The highest BCUT2D eigenvalue weighted by Gasteiger charge is 2.46. The zero-order valence-corrected chi connectivity index (χ0v) is 12.5. The van der Waals surface area contributed by atoms with Crippen molar-refractivity contribution in [3.05, 3.63) is 22.5 Å². The molecule has 1 saturated heterocycles. The first kappa shape index (κ1) is 15.9. The second-order valence-corrected chi connectivity index (χ2v) is 5.49. The Morgan fingerprint density at radius 2 is 2.38 bits per heavy atom. The van der Waals surface area contributed by atoms with Crippen LogP contribution in [0.5, 0.6) is 0 Å². The summed E-state index contributed by atoms with van der Waals surface area (Å²) in [5.74, 6) is -2.04. The van der Waals surface area contributed by atoms with Crippen molar-refractivity contribution in [1.29, 1.82) is 0 Å². The van der Waals surface area contributed by atoms with Gasteiger partial charge in [-0.15, -0.1) is 0 Å². The number of aromatic nitrogens is 2. The Hall–Kier alpha value is -1.52. The summed E-state index contributed by atoms with van der Waals surface area (Å²) in [6.45, 7) is 0.817. The van der Waals surface area contributed by atoms with E-state index in [0.717, 1.165) is 10.8 Å². The minimum absolute atomic E-state index is 0.371. The van der Waals surface area contributed by atoms with Gasteiger partial charge in [0.1, 0.15) is 0 Å². The Morgan fingerprint density at radius 3 is 2.95 bits per heavy atom. The van der Waals surface area contributed by atoms with E-state index in [2.05, 4.69) is 20.9 Å². The molecule has 1 aromatic rings. The summed E-state index contributed by atoms with van der Waals surface area (Å²) in [5, 5.41) is 9.23. The van der Waals surface area contributed by atoms with Gasteiger partial charge in [0.15, 0.2) is 24.0 Å². The molecule has 2 heterocycles. The number of carbonyl (C=O) groups excluding carboxylic acids is 1. The molecule has 2 rings (SSSR count). The van der Waals surface area contributed by atoms with E-state index in [9.17, 15) is 19.1 Å². The van der Waals surface area contributed by atoms with Crippen molar-refractivity contribution < 1.29 is 23.8 Å². The number of hydrogen-bond donors (Lipinski definition) is 2. The SMILES string of the molecule is CC(=O)O[C@@H]1[C@H](Br)[C@@H](CO)O[C@H]1n1cc(F)c(N)nc1=O. The third-order valence-electron chi connectivity index (χ3n) is 2.95. The molecule has 116 valence electrons. The minimum atomic E-state index is -1.12. The zero-order valence-electron chi connectivity index (χ0n) is 10.9. The number of rotatable bonds is 3. The van der Waals surface area contributed by atoms with Crippen LogP contribution in [0.25, 0.3) is 0 Å². The highest BCUT2D eigenvalue weighted by molar-refractivity contribution is 9.09. The van der Waals surface area contributed by atoms with Crippen LogP contribution in [0.3, 0.4) is 0 Å². The number of aliphatic hydroxyl groups is 1. The summed E-state index contributed by atoms with van der Waals surface area (Å²) in [6, 6.07) is 0.